The number of hydrogen-bond donors (Lipinski definition) is 1. The predicted molar refractivity (Wildman–Crippen MR) is 61.5 cm³/mol. The van der Waals surface area contributed by atoms with E-state index in [1.807, 2.05) is 6.92 Å². The summed E-state index contributed by atoms with van der Waals surface area (Å²) < 4.78 is 5.43. The van der Waals surface area contributed by atoms with Gasteiger partial charge in [-0.1, -0.05) is 23.0 Å². The van der Waals surface area contributed by atoms with Crippen LogP contribution in [0.15, 0.2) is 12.4 Å². The Hall–Kier alpha value is -0.980. The van der Waals surface area contributed by atoms with E-state index in [0.717, 1.165) is 24.5 Å². The minimum absolute atomic E-state index is 0.467. The minimum atomic E-state index is -0.804. The first kappa shape index (κ1) is 11.5. The Balaban J connectivity index is 2.35. The summed E-state index contributed by atoms with van der Waals surface area (Å²) in [5.74, 6) is 0. The molecule has 1 N–H and O–H groups in total. The normalized spacial score (nSPS) is 12.9. The lowest BCUT2D eigenvalue weighted by Gasteiger charge is -2.11. The van der Waals surface area contributed by atoms with Crippen molar-refractivity contribution < 1.29 is 5.11 Å². The van der Waals surface area contributed by atoms with Crippen molar-refractivity contribution in [1.29, 1.82) is 0 Å². The maximum atomic E-state index is 10.1. The van der Waals surface area contributed by atoms with E-state index in [4.69, 9.17) is 11.6 Å². The van der Waals surface area contributed by atoms with Crippen LogP contribution in [0.5, 0.6) is 0 Å². The van der Waals surface area contributed by atoms with Gasteiger partial charge in [-0.3, -0.25) is 4.68 Å². The third kappa shape index (κ3) is 2.09. The van der Waals surface area contributed by atoms with Gasteiger partial charge in [-0.2, -0.15) is 5.10 Å². The summed E-state index contributed by atoms with van der Waals surface area (Å²) in [5, 5.41) is 18.4. The topological polar surface area (TPSA) is 63.8 Å². The molecule has 0 spiro atoms. The van der Waals surface area contributed by atoms with Crippen LogP contribution in [0, 0.1) is 0 Å². The monoisotopic (exact) mass is 258 g/mol. The van der Waals surface area contributed by atoms with E-state index < -0.39 is 6.10 Å². The molecule has 0 aliphatic heterocycles. The van der Waals surface area contributed by atoms with Gasteiger partial charge >= 0.3 is 0 Å². The fourth-order valence-electron chi connectivity index (χ4n) is 1.46. The molecule has 0 saturated carbocycles. The lowest BCUT2D eigenvalue weighted by molar-refractivity contribution is 0.211. The Morgan fingerprint density at radius 3 is 3.00 bits per heavy atom. The molecule has 5 nitrogen and oxygen atoms in total. The third-order valence-corrected chi connectivity index (χ3v) is 3.18. The molecule has 2 aromatic rings. The van der Waals surface area contributed by atoms with E-state index in [1.54, 1.807) is 10.9 Å². The number of aromatic nitrogens is 4. The van der Waals surface area contributed by atoms with Crippen LogP contribution in [0.3, 0.4) is 0 Å². The molecular formula is C9H11ClN4OS. The van der Waals surface area contributed by atoms with Crippen LogP contribution in [-0.4, -0.2) is 24.5 Å². The number of rotatable bonds is 4. The molecule has 0 fully saturated rings. The second kappa shape index (κ2) is 4.90. The van der Waals surface area contributed by atoms with Crippen molar-refractivity contribution in [2.45, 2.75) is 26.0 Å². The number of nitrogens with zero attached hydrogens (tertiary/aromatic N) is 4. The average molecular weight is 259 g/mol. The molecule has 0 aromatic carbocycles. The second-order valence-corrected chi connectivity index (χ2v) is 4.55. The van der Waals surface area contributed by atoms with Crippen LogP contribution in [0.2, 0.25) is 5.02 Å². The van der Waals surface area contributed by atoms with E-state index in [2.05, 4.69) is 14.7 Å². The van der Waals surface area contributed by atoms with Gasteiger partial charge in [0.25, 0.3) is 0 Å². The molecule has 0 amide bonds. The molecule has 16 heavy (non-hydrogen) atoms. The van der Waals surface area contributed by atoms with Gasteiger partial charge in [-0.15, -0.1) is 5.10 Å². The molecule has 0 bridgehead atoms. The van der Waals surface area contributed by atoms with Crippen molar-refractivity contribution in [3.63, 3.8) is 0 Å². The molecule has 2 heterocycles. The first-order valence-corrected chi connectivity index (χ1v) is 6.05. The lowest BCUT2D eigenvalue weighted by atomic mass is 10.2. The maximum Gasteiger partial charge on any atom is 0.134 e. The van der Waals surface area contributed by atoms with Crippen molar-refractivity contribution in [1.82, 2.24) is 19.4 Å². The number of aliphatic hydroxyl groups is 1. The van der Waals surface area contributed by atoms with Crippen molar-refractivity contribution in [3.05, 3.63) is 28.0 Å². The summed E-state index contributed by atoms with van der Waals surface area (Å²) in [4.78, 5) is 0.666. The van der Waals surface area contributed by atoms with E-state index in [-0.39, 0.29) is 0 Å². The molecule has 0 radical (unpaired) electrons. The molecule has 0 aliphatic carbocycles. The third-order valence-electron chi connectivity index (χ3n) is 2.18. The van der Waals surface area contributed by atoms with Gasteiger partial charge in [-0.25, -0.2) is 0 Å². The Morgan fingerprint density at radius 1 is 1.56 bits per heavy atom. The Bertz CT molecular complexity index is 456. The van der Waals surface area contributed by atoms with Gasteiger partial charge in [-0.05, 0) is 18.0 Å². The highest BCUT2D eigenvalue weighted by molar-refractivity contribution is 7.05. The zero-order valence-electron chi connectivity index (χ0n) is 8.67. The van der Waals surface area contributed by atoms with Gasteiger partial charge in [0.15, 0.2) is 0 Å². The number of hydrogen-bond acceptors (Lipinski definition) is 5. The zero-order chi connectivity index (χ0) is 11.5. The highest BCUT2D eigenvalue weighted by Crippen LogP contribution is 2.29. The Labute approximate surface area is 102 Å². The van der Waals surface area contributed by atoms with Crippen molar-refractivity contribution in [3.8, 4) is 0 Å². The maximum absolute atomic E-state index is 10.1. The molecule has 1 unspecified atom stereocenters. The van der Waals surface area contributed by atoms with E-state index in [9.17, 15) is 5.11 Å². The molecular weight excluding hydrogens is 248 g/mol. The molecule has 0 aliphatic rings. The summed E-state index contributed by atoms with van der Waals surface area (Å²) in [7, 11) is 0. The van der Waals surface area contributed by atoms with Gasteiger partial charge in [0.2, 0.25) is 0 Å². The van der Waals surface area contributed by atoms with Gasteiger partial charge in [0.05, 0.1) is 28.0 Å². The summed E-state index contributed by atoms with van der Waals surface area (Å²) in [6, 6.07) is 0. The molecule has 0 saturated heterocycles. The predicted octanol–water partition coefficient (Wildman–Crippen LogP) is 1.88. The summed E-state index contributed by atoms with van der Waals surface area (Å²) in [6.07, 6.45) is 3.21. The summed E-state index contributed by atoms with van der Waals surface area (Å²) in [5.41, 5.74) is 0.606. The van der Waals surface area contributed by atoms with Crippen molar-refractivity contribution in [2.75, 3.05) is 0 Å². The molecule has 2 rings (SSSR count). The summed E-state index contributed by atoms with van der Waals surface area (Å²) >= 11 is 7.17. The summed E-state index contributed by atoms with van der Waals surface area (Å²) in [6.45, 7) is 2.77. The second-order valence-electron chi connectivity index (χ2n) is 3.32. The van der Waals surface area contributed by atoms with Crippen LogP contribution >= 0.6 is 23.1 Å². The van der Waals surface area contributed by atoms with E-state index >= 15 is 0 Å². The first-order chi connectivity index (χ1) is 7.74. The first-order valence-electron chi connectivity index (χ1n) is 4.90. The number of aryl methyl sites for hydroxylation is 1. The average Bonchev–Trinajstić information content (AvgIpc) is 2.88. The fourth-order valence-corrected chi connectivity index (χ4v) is 2.20. The molecule has 2 aromatic heterocycles. The fraction of sp³-hybridized carbons (Fsp3) is 0.444. The van der Waals surface area contributed by atoms with Gasteiger partial charge in [0.1, 0.15) is 6.10 Å². The largest absolute Gasteiger partial charge is 0.381 e. The van der Waals surface area contributed by atoms with Crippen LogP contribution in [0.25, 0.3) is 0 Å². The van der Waals surface area contributed by atoms with Crippen LogP contribution in [0.1, 0.15) is 30.0 Å². The van der Waals surface area contributed by atoms with Crippen LogP contribution < -0.4 is 0 Å². The van der Waals surface area contributed by atoms with Crippen LogP contribution in [0.4, 0.5) is 0 Å². The van der Waals surface area contributed by atoms with Crippen molar-refractivity contribution >= 4 is 23.1 Å². The lowest BCUT2D eigenvalue weighted by Crippen LogP contribution is -2.09. The molecule has 86 valence electrons. The Kier molecular flexibility index (Phi) is 3.52. The van der Waals surface area contributed by atoms with Crippen molar-refractivity contribution in [2.24, 2.45) is 0 Å². The zero-order valence-corrected chi connectivity index (χ0v) is 10.2. The number of halogens is 1. The SMILES string of the molecule is CCCn1ncc(Cl)c1C(O)c1cnns1. The van der Waals surface area contributed by atoms with Crippen LogP contribution in [-0.2, 0) is 6.54 Å². The standard InChI is InChI=1S/C9H11ClN4OS/c1-2-3-14-8(6(10)4-12-14)9(15)7-5-11-13-16-7/h4-5,9,15H,2-3H2,1H3. The highest BCUT2D eigenvalue weighted by atomic mass is 35.5. The van der Waals surface area contributed by atoms with E-state index in [1.165, 1.54) is 6.20 Å². The highest BCUT2D eigenvalue weighted by Gasteiger charge is 2.21. The molecule has 1 atom stereocenters. The van der Waals surface area contributed by atoms with E-state index in [0.29, 0.717) is 15.6 Å². The number of aliphatic hydroxyl groups excluding tert-OH is 1. The van der Waals surface area contributed by atoms with Gasteiger partial charge < -0.3 is 5.11 Å². The quantitative estimate of drug-likeness (QED) is 0.910. The van der Waals surface area contributed by atoms with Gasteiger partial charge in [0, 0.05) is 6.54 Å². The minimum Gasteiger partial charge on any atom is -0.381 e. The smallest absolute Gasteiger partial charge is 0.134 e. The molecule has 7 heteroatoms. The Morgan fingerprint density at radius 2 is 2.38 bits per heavy atom.